The molecule has 210 valence electrons. The molecule has 0 radical (unpaired) electrons. The fourth-order valence-electron chi connectivity index (χ4n) is 6.90. The summed E-state index contributed by atoms with van der Waals surface area (Å²) in [5.41, 5.74) is 3.06. The van der Waals surface area contributed by atoms with Crippen LogP contribution in [-0.2, 0) is 11.0 Å². The molecular weight excluding hydrogens is 518 g/mol. The molecule has 0 aromatic heterocycles. The highest BCUT2D eigenvalue weighted by Gasteiger charge is 2.40. The molecule has 1 aliphatic heterocycles. The number of rotatable bonds is 8. The number of carbonyl (C=O) groups is 1. The molecule has 1 N–H and O–H groups in total. The molecule has 6 rings (SSSR count). The van der Waals surface area contributed by atoms with Crippen molar-refractivity contribution >= 4 is 5.97 Å². The maximum Gasteiger partial charge on any atom is 0.416 e. The maximum absolute atomic E-state index is 14.0. The van der Waals surface area contributed by atoms with E-state index in [0.29, 0.717) is 35.3 Å². The summed E-state index contributed by atoms with van der Waals surface area (Å²) in [6.07, 6.45) is 1.75. The molecule has 2 aliphatic carbocycles. The van der Waals surface area contributed by atoms with Gasteiger partial charge >= 0.3 is 12.1 Å². The van der Waals surface area contributed by atoms with Gasteiger partial charge in [-0.1, -0.05) is 55.7 Å². The Balaban J connectivity index is 1.48. The Hall–Kier alpha value is -3.19. The Kier molecular flexibility index (Phi) is 7.19. The predicted molar refractivity (Wildman–Crippen MR) is 145 cm³/mol. The van der Waals surface area contributed by atoms with E-state index in [0.717, 1.165) is 54.8 Å². The van der Waals surface area contributed by atoms with Crippen LogP contribution in [0.4, 0.5) is 17.6 Å². The lowest BCUT2D eigenvalue weighted by atomic mass is 9.85. The number of alkyl halides is 3. The van der Waals surface area contributed by atoms with E-state index in [1.807, 2.05) is 18.2 Å². The minimum absolute atomic E-state index is 0.232. The van der Waals surface area contributed by atoms with Gasteiger partial charge in [-0.2, -0.15) is 13.2 Å². The molecule has 3 aliphatic rings. The minimum Gasteiger partial charge on any atom is -0.481 e. The molecule has 3 aromatic carbocycles. The predicted octanol–water partition coefficient (Wildman–Crippen LogP) is 8.30. The van der Waals surface area contributed by atoms with E-state index in [2.05, 4.69) is 4.90 Å². The van der Waals surface area contributed by atoms with Crippen molar-refractivity contribution in [3.8, 4) is 11.1 Å². The summed E-state index contributed by atoms with van der Waals surface area (Å²) in [4.78, 5) is 14.7. The topological polar surface area (TPSA) is 40.5 Å². The summed E-state index contributed by atoms with van der Waals surface area (Å²) < 4.78 is 54.1. The van der Waals surface area contributed by atoms with Crippen LogP contribution in [0.1, 0.15) is 72.7 Å². The van der Waals surface area contributed by atoms with E-state index in [9.17, 15) is 27.5 Å². The van der Waals surface area contributed by atoms with Gasteiger partial charge in [-0.3, -0.25) is 9.69 Å². The lowest BCUT2D eigenvalue weighted by molar-refractivity contribution is -0.139. The van der Waals surface area contributed by atoms with Crippen LogP contribution in [0.3, 0.4) is 0 Å². The third kappa shape index (κ3) is 5.53. The number of hydrogen-bond donors (Lipinski definition) is 1. The van der Waals surface area contributed by atoms with Crippen LogP contribution >= 0.6 is 0 Å². The van der Waals surface area contributed by atoms with Crippen LogP contribution in [0.15, 0.2) is 66.7 Å². The zero-order valence-corrected chi connectivity index (χ0v) is 22.2. The van der Waals surface area contributed by atoms with Crippen LogP contribution in [-0.4, -0.2) is 29.1 Å². The fraction of sp³-hybridized carbons (Fsp3) is 0.424. The Morgan fingerprint density at radius 1 is 0.875 bits per heavy atom. The number of carboxylic acid groups (broad SMARTS) is 1. The number of carboxylic acids is 1. The molecule has 0 bridgehead atoms. The van der Waals surface area contributed by atoms with Crippen molar-refractivity contribution in [1.82, 2.24) is 4.90 Å². The molecule has 40 heavy (non-hydrogen) atoms. The number of aliphatic carboxylic acids is 1. The van der Waals surface area contributed by atoms with Crippen molar-refractivity contribution in [2.45, 2.75) is 56.7 Å². The molecule has 0 amide bonds. The second-order valence-corrected chi connectivity index (χ2v) is 11.9. The highest BCUT2D eigenvalue weighted by molar-refractivity contribution is 5.78. The first-order chi connectivity index (χ1) is 19.2. The van der Waals surface area contributed by atoms with E-state index in [1.54, 1.807) is 12.1 Å². The first-order valence-electron chi connectivity index (χ1n) is 14.2. The standard InChI is InChI=1S/C33H33F4NO2/c34-27-13-8-22(9-14-27)31(38-18-24-2-1-3-25(24)19-38)28-15-10-23(30(32(39)40)16-20-4-5-20)17-29(28)21-6-11-26(12-7-21)33(35,36)37/h6-15,17,20,24-25,30-31H,1-5,16,18-19H2,(H,39,40). The van der Waals surface area contributed by atoms with Crippen LogP contribution in [0.5, 0.6) is 0 Å². The average molecular weight is 552 g/mol. The largest absolute Gasteiger partial charge is 0.481 e. The number of fused-ring (bicyclic) bond motifs is 1. The van der Waals surface area contributed by atoms with E-state index in [-0.39, 0.29) is 11.9 Å². The van der Waals surface area contributed by atoms with Crippen molar-refractivity contribution in [2.75, 3.05) is 13.1 Å². The van der Waals surface area contributed by atoms with Crippen molar-refractivity contribution in [1.29, 1.82) is 0 Å². The number of hydrogen-bond acceptors (Lipinski definition) is 2. The number of likely N-dealkylation sites (tertiary alicyclic amines) is 1. The van der Waals surface area contributed by atoms with Gasteiger partial charge in [-0.25, -0.2) is 4.39 Å². The summed E-state index contributed by atoms with van der Waals surface area (Å²) in [6.45, 7) is 1.81. The number of halogens is 4. The van der Waals surface area contributed by atoms with E-state index >= 15 is 0 Å². The quantitative estimate of drug-likeness (QED) is 0.286. The Labute approximate surface area is 231 Å². The lowest BCUT2D eigenvalue weighted by Gasteiger charge is -2.32. The second-order valence-electron chi connectivity index (χ2n) is 11.9. The number of benzene rings is 3. The Bertz CT molecular complexity index is 1350. The summed E-state index contributed by atoms with van der Waals surface area (Å²) in [7, 11) is 0. The SMILES string of the molecule is O=C(O)C(CC1CC1)c1ccc(C(c2ccc(F)cc2)N2CC3CCCC3C2)c(-c2ccc(C(F)(F)F)cc2)c1. The van der Waals surface area contributed by atoms with Gasteiger partial charge in [0.05, 0.1) is 17.5 Å². The van der Waals surface area contributed by atoms with E-state index in [4.69, 9.17) is 0 Å². The van der Waals surface area contributed by atoms with Crippen LogP contribution in [0.25, 0.3) is 11.1 Å². The summed E-state index contributed by atoms with van der Waals surface area (Å²) in [5.74, 6) is -0.293. The van der Waals surface area contributed by atoms with Gasteiger partial charge in [0, 0.05) is 13.1 Å². The average Bonchev–Trinajstić information content (AvgIpc) is 3.51. The minimum atomic E-state index is -4.45. The molecule has 4 atom stereocenters. The van der Waals surface area contributed by atoms with Gasteiger partial charge in [0.25, 0.3) is 0 Å². The van der Waals surface area contributed by atoms with Gasteiger partial charge in [0.2, 0.25) is 0 Å². The molecule has 2 saturated carbocycles. The van der Waals surface area contributed by atoms with Gasteiger partial charge in [0.15, 0.2) is 0 Å². The highest BCUT2D eigenvalue weighted by atomic mass is 19.4. The van der Waals surface area contributed by atoms with Crippen molar-refractivity contribution < 1.29 is 27.5 Å². The molecule has 4 unspecified atom stereocenters. The fourth-order valence-corrected chi connectivity index (χ4v) is 6.90. The highest BCUT2D eigenvalue weighted by Crippen LogP contribution is 2.46. The molecule has 3 fully saturated rings. The molecule has 7 heteroatoms. The van der Waals surface area contributed by atoms with Crippen molar-refractivity contribution in [3.63, 3.8) is 0 Å². The normalized spacial score (nSPS) is 22.7. The first kappa shape index (κ1) is 27.0. The van der Waals surface area contributed by atoms with E-state index < -0.39 is 23.6 Å². The summed E-state index contributed by atoms with van der Waals surface area (Å²) in [5, 5.41) is 10.1. The van der Waals surface area contributed by atoms with Crippen molar-refractivity contribution in [3.05, 3.63) is 94.8 Å². The molecule has 3 nitrogen and oxygen atoms in total. The van der Waals surface area contributed by atoms with Crippen molar-refractivity contribution in [2.24, 2.45) is 17.8 Å². The monoisotopic (exact) mass is 551 g/mol. The second kappa shape index (κ2) is 10.7. The van der Waals surface area contributed by atoms with Crippen LogP contribution in [0.2, 0.25) is 0 Å². The molecule has 0 spiro atoms. The molecule has 1 heterocycles. The van der Waals surface area contributed by atoms with Crippen LogP contribution < -0.4 is 0 Å². The Morgan fingerprint density at radius 2 is 1.50 bits per heavy atom. The third-order valence-electron chi connectivity index (χ3n) is 9.17. The first-order valence-corrected chi connectivity index (χ1v) is 14.2. The summed E-state index contributed by atoms with van der Waals surface area (Å²) >= 11 is 0. The number of nitrogens with zero attached hydrogens (tertiary/aromatic N) is 1. The lowest BCUT2D eigenvalue weighted by Crippen LogP contribution is -2.29. The molecular formula is C33H33F4NO2. The van der Waals surface area contributed by atoms with Crippen LogP contribution in [0, 0.1) is 23.6 Å². The smallest absolute Gasteiger partial charge is 0.416 e. The van der Waals surface area contributed by atoms with Gasteiger partial charge in [-0.05, 0) is 95.2 Å². The van der Waals surface area contributed by atoms with E-state index in [1.165, 1.54) is 43.5 Å². The van der Waals surface area contributed by atoms with Gasteiger partial charge in [-0.15, -0.1) is 0 Å². The molecule has 3 aromatic rings. The molecule has 1 saturated heterocycles. The maximum atomic E-state index is 14.0. The van der Waals surface area contributed by atoms with Gasteiger partial charge in [0.1, 0.15) is 5.82 Å². The Morgan fingerprint density at radius 3 is 2.08 bits per heavy atom. The zero-order valence-electron chi connectivity index (χ0n) is 22.2. The van der Waals surface area contributed by atoms with Gasteiger partial charge < -0.3 is 5.11 Å². The summed E-state index contributed by atoms with van der Waals surface area (Å²) in [6, 6.07) is 17.0. The third-order valence-corrected chi connectivity index (χ3v) is 9.17. The zero-order chi connectivity index (χ0) is 28.0.